The van der Waals surface area contributed by atoms with Crippen LogP contribution in [0.15, 0.2) is 48.7 Å². The molecule has 186 valence electrons. The summed E-state index contributed by atoms with van der Waals surface area (Å²) in [6, 6.07) is 12.1. The molecule has 1 N–H and O–H groups in total. The van der Waals surface area contributed by atoms with E-state index >= 15 is 0 Å². The predicted molar refractivity (Wildman–Crippen MR) is 141 cm³/mol. The van der Waals surface area contributed by atoms with Crippen LogP contribution < -0.4 is 14.9 Å². The van der Waals surface area contributed by atoms with Gasteiger partial charge in [0.1, 0.15) is 0 Å². The van der Waals surface area contributed by atoms with Gasteiger partial charge in [0.25, 0.3) is 0 Å². The Morgan fingerprint density at radius 3 is 2.54 bits per heavy atom. The lowest BCUT2D eigenvalue weighted by Gasteiger charge is -2.36. The van der Waals surface area contributed by atoms with Crippen molar-refractivity contribution in [2.24, 2.45) is 0 Å². The number of benzene rings is 2. The number of rotatable bonds is 5. The Morgan fingerprint density at radius 1 is 1.20 bits per heavy atom. The Kier molecular flexibility index (Phi) is 6.69. The van der Waals surface area contributed by atoms with Crippen LogP contribution in [0.5, 0.6) is 11.5 Å². The maximum absolute atomic E-state index is 13.7. The highest BCUT2D eigenvalue weighted by Gasteiger charge is 2.42. The van der Waals surface area contributed by atoms with Gasteiger partial charge in [-0.05, 0) is 81.8 Å². The molecule has 1 aliphatic heterocycles. The van der Waals surface area contributed by atoms with E-state index in [0.717, 1.165) is 46.6 Å². The largest absolute Gasteiger partial charge is 0.493 e. The molecule has 0 radical (unpaired) electrons. The molecule has 0 aromatic heterocycles. The van der Waals surface area contributed by atoms with Crippen molar-refractivity contribution >= 4 is 17.7 Å². The number of hydrazine groups is 1. The van der Waals surface area contributed by atoms with Crippen LogP contribution in [0.3, 0.4) is 0 Å². The summed E-state index contributed by atoms with van der Waals surface area (Å²) >= 11 is 0. The summed E-state index contributed by atoms with van der Waals surface area (Å²) in [6.07, 6.45) is 3.44. The number of amides is 2. The number of fused-ring (bicyclic) bond motifs is 2. The summed E-state index contributed by atoms with van der Waals surface area (Å²) in [6.45, 7) is 14.2. The molecule has 1 aliphatic carbocycles. The summed E-state index contributed by atoms with van der Waals surface area (Å²) in [5.74, 6) is 1.44. The summed E-state index contributed by atoms with van der Waals surface area (Å²) in [5.41, 5.74) is 9.75. The number of hydrogen-bond donors (Lipinski definition) is 1. The van der Waals surface area contributed by atoms with Crippen LogP contribution in [0.1, 0.15) is 69.3 Å². The van der Waals surface area contributed by atoms with Crippen LogP contribution in [-0.4, -0.2) is 41.7 Å². The molecule has 2 aliphatic rings. The van der Waals surface area contributed by atoms with E-state index < -0.39 is 0 Å². The van der Waals surface area contributed by atoms with E-state index in [4.69, 9.17) is 9.47 Å². The average Bonchev–Trinajstić information content (AvgIpc) is 3.21. The number of carbonyl (C=O) groups is 1. The fourth-order valence-electron chi connectivity index (χ4n) is 4.73. The van der Waals surface area contributed by atoms with Gasteiger partial charge in [0.05, 0.1) is 19.3 Å². The van der Waals surface area contributed by atoms with E-state index in [1.165, 1.54) is 5.56 Å². The van der Waals surface area contributed by atoms with Gasteiger partial charge < -0.3 is 14.4 Å². The Hall–Kier alpha value is -3.25. The number of ether oxygens (including phenoxy) is 2. The van der Waals surface area contributed by atoms with E-state index in [9.17, 15) is 4.79 Å². The Morgan fingerprint density at radius 2 is 1.91 bits per heavy atom. The maximum Gasteiger partial charge on any atom is 0.339 e. The van der Waals surface area contributed by atoms with Crippen molar-refractivity contribution in [1.29, 1.82) is 0 Å². The molecule has 0 saturated carbocycles. The molecule has 6 nitrogen and oxygen atoms in total. The van der Waals surface area contributed by atoms with Gasteiger partial charge in [-0.3, -0.25) is 0 Å². The van der Waals surface area contributed by atoms with E-state index in [-0.39, 0.29) is 23.7 Å². The first kappa shape index (κ1) is 24.9. The molecule has 0 bridgehead atoms. The quantitative estimate of drug-likeness (QED) is 0.560. The van der Waals surface area contributed by atoms with Crippen molar-refractivity contribution in [1.82, 2.24) is 15.3 Å². The zero-order valence-corrected chi connectivity index (χ0v) is 21.9. The minimum absolute atomic E-state index is 0.0106. The molecule has 1 unspecified atom stereocenters. The first-order valence-electron chi connectivity index (χ1n) is 12.2. The Bertz CT molecular complexity index is 1180. The van der Waals surface area contributed by atoms with Gasteiger partial charge in [-0.1, -0.05) is 36.9 Å². The smallest absolute Gasteiger partial charge is 0.339 e. The van der Waals surface area contributed by atoms with Gasteiger partial charge in [-0.2, -0.15) is 0 Å². The highest BCUT2D eigenvalue weighted by Crippen LogP contribution is 2.48. The topological polar surface area (TPSA) is 54.0 Å². The zero-order valence-electron chi connectivity index (χ0n) is 21.9. The van der Waals surface area contributed by atoms with Gasteiger partial charge in [0, 0.05) is 23.9 Å². The monoisotopic (exact) mass is 475 g/mol. The van der Waals surface area contributed by atoms with Crippen LogP contribution in [0.2, 0.25) is 0 Å². The van der Waals surface area contributed by atoms with Crippen LogP contribution >= 0.6 is 0 Å². The standard InChI is InChI=1S/C29H37N3O3/c1-9-19-12-10-11-13-21(19)27-26-22-17-25(35-18(2)3)24(34-8)16-20(22)14-15-23(26)32(30-27)28(33)31(7)29(4,5)6/h9-13,16-18,27,30H,1,14-15H2,2-8H3. The number of methoxy groups -OCH3 is 1. The molecule has 1 heterocycles. The number of hydrogen-bond acceptors (Lipinski definition) is 4. The lowest BCUT2D eigenvalue weighted by molar-refractivity contribution is 0.122. The third-order valence-corrected chi connectivity index (χ3v) is 6.81. The van der Waals surface area contributed by atoms with Crippen molar-refractivity contribution in [2.75, 3.05) is 14.2 Å². The van der Waals surface area contributed by atoms with E-state index in [1.807, 2.05) is 59.9 Å². The Balaban J connectivity index is 1.91. The summed E-state index contributed by atoms with van der Waals surface area (Å²) in [4.78, 5) is 15.5. The second-order valence-corrected chi connectivity index (χ2v) is 10.4. The van der Waals surface area contributed by atoms with E-state index in [2.05, 4.69) is 36.3 Å². The minimum Gasteiger partial charge on any atom is -0.493 e. The molecule has 0 fully saturated rings. The zero-order chi connectivity index (χ0) is 25.5. The van der Waals surface area contributed by atoms with Gasteiger partial charge in [-0.25, -0.2) is 15.2 Å². The Labute approximate surface area is 209 Å². The van der Waals surface area contributed by atoms with Crippen molar-refractivity contribution in [2.45, 2.75) is 65.1 Å². The van der Waals surface area contributed by atoms with Crippen LogP contribution in [0, 0.1) is 0 Å². The fraction of sp³-hybridized carbons (Fsp3) is 0.414. The normalized spacial score (nSPS) is 17.3. The molecular formula is C29H37N3O3. The molecule has 2 aromatic carbocycles. The number of allylic oxidation sites excluding steroid dienone is 1. The summed E-state index contributed by atoms with van der Waals surface area (Å²) < 4.78 is 11.8. The van der Waals surface area contributed by atoms with Gasteiger partial charge >= 0.3 is 6.03 Å². The third-order valence-electron chi connectivity index (χ3n) is 6.81. The van der Waals surface area contributed by atoms with E-state index in [1.54, 1.807) is 17.0 Å². The van der Waals surface area contributed by atoms with Crippen LogP contribution in [0.25, 0.3) is 11.6 Å². The first-order valence-corrected chi connectivity index (χ1v) is 12.2. The second kappa shape index (κ2) is 9.42. The molecule has 2 amide bonds. The summed E-state index contributed by atoms with van der Waals surface area (Å²) in [7, 11) is 3.52. The molecule has 0 saturated heterocycles. The van der Waals surface area contributed by atoms with Gasteiger partial charge in [0.15, 0.2) is 11.5 Å². The van der Waals surface area contributed by atoms with Crippen LogP contribution in [-0.2, 0) is 6.42 Å². The van der Waals surface area contributed by atoms with Gasteiger partial charge in [0.2, 0.25) is 0 Å². The number of urea groups is 1. The SMILES string of the molecule is C=Cc1ccccc1C1NN(C(=O)N(C)C(C)(C)C)C2=C1c1cc(OC(C)C)c(OC)cc1CC2. The molecule has 0 spiro atoms. The highest BCUT2D eigenvalue weighted by molar-refractivity contribution is 5.87. The lowest BCUT2D eigenvalue weighted by atomic mass is 9.82. The van der Waals surface area contributed by atoms with Crippen molar-refractivity contribution in [3.8, 4) is 11.5 Å². The molecule has 2 aromatic rings. The highest BCUT2D eigenvalue weighted by atomic mass is 16.5. The van der Waals surface area contributed by atoms with Crippen molar-refractivity contribution < 1.29 is 14.3 Å². The summed E-state index contributed by atoms with van der Waals surface area (Å²) in [5, 5.41) is 1.75. The average molecular weight is 476 g/mol. The van der Waals surface area contributed by atoms with E-state index in [0.29, 0.717) is 5.75 Å². The molecule has 35 heavy (non-hydrogen) atoms. The fourth-order valence-corrected chi connectivity index (χ4v) is 4.73. The number of aryl methyl sites for hydroxylation is 1. The minimum atomic E-state index is -0.311. The first-order chi connectivity index (χ1) is 16.6. The maximum atomic E-state index is 13.7. The third kappa shape index (κ3) is 4.55. The number of carbonyl (C=O) groups excluding carboxylic acids is 1. The molecule has 6 heteroatoms. The predicted octanol–water partition coefficient (Wildman–Crippen LogP) is 6.19. The molecule has 1 atom stereocenters. The number of nitrogens with one attached hydrogen (secondary N) is 1. The van der Waals surface area contributed by atoms with Crippen molar-refractivity contribution in [3.63, 3.8) is 0 Å². The van der Waals surface area contributed by atoms with Crippen molar-refractivity contribution in [3.05, 3.63) is 70.9 Å². The van der Waals surface area contributed by atoms with Crippen LogP contribution in [0.4, 0.5) is 4.79 Å². The molecular weight excluding hydrogens is 438 g/mol. The number of nitrogens with zero attached hydrogens (tertiary/aromatic N) is 2. The second-order valence-electron chi connectivity index (χ2n) is 10.4. The molecule has 4 rings (SSSR count). The van der Waals surface area contributed by atoms with Gasteiger partial charge in [-0.15, -0.1) is 0 Å². The lowest BCUT2D eigenvalue weighted by Crippen LogP contribution is -2.52.